The summed E-state index contributed by atoms with van der Waals surface area (Å²) in [5, 5.41) is 2.35. The van der Waals surface area contributed by atoms with E-state index < -0.39 is 0 Å². The van der Waals surface area contributed by atoms with E-state index in [0.29, 0.717) is 5.92 Å². The van der Waals surface area contributed by atoms with Crippen molar-refractivity contribution in [1.29, 1.82) is 0 Å². The molecule has 0 spiro atoms. The molecule has 0 bridgehead atoms. The summed E-state index contributed by atoms with van der Waals surface area (Å²) in [6.07, 6.45) is 3.54. The zero-order chi connectivity index (χ0) is 12.0. The highest BCUT2D eigenvalue weighted by molar-refractivity contribution is 6.19. The molecular formula is C11H19ClN2O2. The molecule has 1 rings (SSSR count). The number of halogens is 1. The monoisotopic (exact) mass is 246 g/mol. The van der Waals surface area contributed by atoms with Crippen LogP contribution in [0, 0.1) is 5.92 Å². The second-order valence-corrected chi connectivity index (χ2v) is 4.56. The SMILES string of the molecule is CCCC1CCN(C(=O)NC(=O)CCCl)C1. The molecule has 1 unspecified atom stereocenters. The van der Waals surface area contributed by atoms with Crippen molar-refractivity contribution in [3.05, 3.63) is 0 Å². The largest absolute Gasteiger partial charge is 0.324 e. The van der Waals surface area contributed by atoms with Gasteiger partial charge in [0.15, 0.2) is 0 Å². The third-order valence-corrected chi connectivity index (χ3v) is 3.03. The van der Waals surface area contributed by atoms with Gasteiger partial charge in [0.2, 0.25) is 5.91 Å². The highest BCUT2D eigenvalue weighted by Crippen LogP contribution is 2.20. The number of rotatable bonds is 4. The zero-order valence-electron chi connectivity index (χ0n) is 9.67. The van der Waals surface area contributed by atoms with Crippen LogP contribution in [-0.2, 0) is 4.79 Å². The normalized spacial score (nSPS) is 19.9. The lowest BCUT2D eigenvalue weighted by Crippen LogP contribution is -2.41. The molecule has 3 amide bonds. The molecule has 1 aliphatic rings. The molecule has 1 N–H and O–H groups in total. The van der Waals surface area contributed by atoms with Crippen molar-refractivity contribution in [2.45, 2.75) is 32.6 Å². The molecule has 0 saturated carbocycles. The Kier molecular flexibility index (Phi) is 5.60. The second kappa shape index (κ2) is 6.74. The zero-order valence-corrected chi connectivity index (χ0v) is 10.4. The minimum absolute atomic E-state index is 0.194. The molecule has 1 aliphatic heterocycles. The summed E-state index contributed by atoms with van der Waals surface area (Å²) in [6, 6.07) is -0.270. The summed E-state index contributed by atoms with van der Waals surface area (Å²) in [5.41, 5.74) is 0. The predicted molar refractivity (Wildman–Crippen MR) is 63.5 cm³/mol. The number of imide groups is 1. The van der Waals surface area contributed by atoms with E-state index in [1.807, 2.05) is 0 Å². The quantitative estimate of drug-likeness (QED) is 0.771. The third kappa shape index (κ3) is 4.00. The van der Waals surface area contributed by atoms with E-state index in [0.717, 1.165) is 32.4 Å². The first-order chi connectivity index (χ1) is 7.67. The Bertz CT molecular complexity index is 258. The Labute approximate surface area is 101 Å². The number of likely N-dealkylation sites (tertiary alicyclic amines) is 1. The molecule has 0 radical (unpaired) electrons. The van der Waals surface area contributed by atoms with E-state index in [9.17, 15) is 9.59 Å². The Morgan fingerprint density at radius 3 is 2.88 bits per heavy atom. The second-order valence-electron chi connectivity index (χ2n) is 4.18. The lowest BCUT2D eigenvalue weighted by Gasteiger charge is -2.16. The number of hydrogen-bond acceptors (Lipinski definition) is 2. The summed E-state index contributed by atoms with van der Waals surface area (Å²) in [4.78, 5) is 24.5. The van der Waals surface area contributed by atoms with Crippen LogP contribution in [0.25, 0.3) is 0 Å². The Morgan fingerprint density at radius 2 is 2.25 bits per heavy atom. The average Bonchev–Trinajstić information content (AvgIpc) is 2.67. The molecule has 0 aliphatic carbocycles. The van der Waals surface area contributed by atoms with Crippen molar-refractivity contribution in [3.63, 3.8) is 0 Å². The fraction of sp³-hybridized carbons (Fsp3) is 0.818. The van der Waals surface area contributed by atoms with Gasteiger partial charge in [0.05, 0.1) is 0 Å². The van der Waals surface area contributed by atoms with Gasteiger partial charge in [0.25, 0.3) is 0 Å². The Morgan fingerprint density at radius 1 is 1.50 bits per heavy atom. The molecule has 0 aromatic heterocycles. The van der Waals surface area contributed by atoms with Crippen molar-refractivity contribution in [2.24, 2.45) is 5.92 Å². The van der Waals surface area contributed by atoms with Gasteiger partial charge in [-0.15, -0.1) is 11.6 Å². The first kappa shape index (κ1) is 13.3. The van der Waals surface area contributed by atoms with Crippen LogP contribution in [0.2, 0.25) is 0 Å². The van der Waals surface area contributed by atoms with Gasteiger partial charge in [-0.25, -0.2) is 4.79 Å². The maximum absolute atomic E-state index is 11.6. The standard InChI is InChI=1S/C11H19ClN2O2/c1-2-3-9-5-7-14(8-9)11(16)13-10(15)4-6-12/h9H,2-8H2,1H3,(H,13,15,16). The van der Waals surface area contributed by atoms with Crippen molar-refractivity contribution in [3.8, 4) is 0 Å². The van der Waals surface area contributed by atoms with Crippen LogP contribution < -0.4 is 5.32 Å². The summed E-state index contributed by atoms with van der Waals surface area (Å²) in [5.74, 6) is 0.551. The van der Waals surface area contributed by atoms with E-state index in [4.69, 9.17) is 11.6 Å². The minimum atomic E-state index is -0.293. The smallest absolute Gasteiger partial charge is 0.324 e. The van der Waals surface area contributed by atoms with Gasteiger partial charge in [0, 0.05) is 25.4 Å². The molecule has 0 aromatic carbocycles. The Hall–Kier alpha value is -0.770. The molecule has 1 saturated heterocycles. The van der Waals surface area contributed by atoms with Crippen molar-refractivity contribution in [2.75, 3.05) is 19.0 Å². The van der Waals surface area contributed by atoms with Gasteiger partial charge in [-0.2, -0.15) is 0 Å². The highest BCUT2D eigenvalue weighted by Gasteiger charge is 2.26. The van der Waals surface area contributed by atoms with Gasteiger partial charge < -0.3 is 4.90 Å². The number of urea groups is 1. The lowest BCUT2D eigenvalue weighted by molar-refractivity contribution is -0.119. The summed E-state index contributed by atoms with van der Waals surface area (Å²) in [7, 11) is 0. The predicted octanol–water partition coefficient (Wildman–Crippen LogP) is 1.97. The van der Waals surface area contributed by atoms with Crippen LogP contribution in [0.5, 0.6) is 0 Å². The fourth-order valence-electron chi connectivity index (χ4n) is 2.01. The van der Waals surface area contributed by atoms with E-state index in [-0.39, 0.29) is 24.2 Å². The fourth-order valence-corrected chi connectivity index (χ4v) is 2.18. The van der Waals surface area contributed by atoms with Crippen LogP contribution >= 0.6 is 11.6 Å². The van der Waals surface area contributed by atoms with Crippen LogP contribution in [-0.4, -0.2) is 35.8 Å². The molecule has 1 fully saturated rings. The Balaban J connectivity index is 2.30. The maximum atomic E-state index is 11.6. The number of alkyl halides is 1. The first-order valence-electron chi connectivity index (χ1n) is 5.82. The van der Waals surface area contributed by atoms with Crippen molar-refractivity contribution < 1.29 is 9.59 Å². The number of carbonyl (C=O) groups excluding carboxylic acids is 2. The molecule has 16 heavy (non-hydrogen) atoms. The van der Waals surface area contributed by atoms with E-state index >= 15 is 0 Å². The highest BCUT2D eigenvalue weighted by atomic mass is 35.5. The molecule has 0 aromatic rings. The van der Waals surface area contributed by atoms with Gasteiger partial charge in [0.1, 0.15) is 0 Å². The number of nitrogens with one attached hydrogen (secondary N) is 1. The van der Waals surface area contributed by atoms with E-state index in [2.05, 4.69) is 12.2 Å². The van der Waals surface area contributed by atoms with Crippen LogP contribution in [0.15, 0.2) is 0 Å². The number of carbonyl (C=O) groups is 2. The van der Waals surface area contributed by atoms with Crippen molar-refractivity contribution in [1.82, 2.24) is 10.2 Å². The molecule has 4 nitrogen and oxygen atoms in total. The molecule has 92 valence electrons. The summed E-state index contributed by atoms with van der Waals surface area (Å²) >= 11 is 5.42. The topological polar surface area (TPSA) is 49.4 Å². The number of nitrogens with zero attached hydrogens (tertiary/aromatic N) is 1. The molecular weight excluding hydrogens is 228 g/mol. The van der Waals surface area contributed by atoms with Crippen LogP contribution in [0.3, 0.4) is 0 Å². The van der Waals surface area contributed by atoms with Crippen LogP contribution in [0.4, 0.5) is 4.79 Å². The molecule has 5 heteroatoms. The van der Waals surface area contributed by atoms with Gasteiger partial charge >= 0.3 is 6.03 Å². The maximum Gasteiger partial charge on any atom is 0.324 e. The van der Waals surface area contributed by atoms with Gasteiger partial charge in [-0.05, 0) is 18.8 Å². The molecule has 1 heterocycles. The average molecular weight is 247 g/mol. The summed E-state index contributed by atoms with van der Waals surface area (Å²) in [6.45, 7) is 3.67. The third-order valence-electron chi connectivity index (χ3n) is 2.84. The summed E-state index contributed by atoms with van der Waals surface area (Å²) < 4.78 is 0. The number of hydrogen-bond donors (Lipinski definition) is 1. The lowest BCUT2D eigenvalue weighted by atomic mass is 10.0. The van der Waals surface area contributed by atoms with Crippen LogP contribution in [0.1, 0.15) is 32.6 Å². The first-order valence-corrected chi connectivity index (χ1v) is 6.35. The van der Waals surface area contributed by atoms with E-state index in [1.54, 1.807) is 4.90 Å². The minimum Gasteiger partial charge on any atom is -0.324 e. The van der Waals surface area contributed by atoms with Gasteiger partial charge in [-0.1, -0.05) is 13.3 Å². The van der Waals surface area contributed by atoms with Crippen molar-refractivity contribution >= 4 is 23.5 Å². The number of amides is 3. The van der Waals surface area contributed by atoms with E-state index in [1.165, 1.54) is 0 Å². The van der Waals surface area contributed by atoms with Gasteiger partial charge in [-0.3, -0.25) is 10.1 Å². The molecule has 1 atom stereocenters.